The molecule has 0 aromatic carbocycles. The van der Waals surface area contributed by atoms with Crippen LogP contribution < -0.4 is 114 Å². The molecule has 0 saturated carbocycles. The number of nitrogens with one attached hydrogen (secondary N) is 7. The fourth-order valence-electron chi connectivity index (χ4n) is 15.2. The third kappa shape index (κ3) is 36.7. The molecule has 0 amide bonds. The van der Waals surface area contributed by atoms with Crippen LogP contribution in [0.2, 0.25) is 0 Å². The molecule has 2 radical (unpaired) electrons. The Morgan fingerprint density at radius 2 is 0.784 bits per heavy atom. The zero-order chi connectivity index (χ0) is 102. The molecule has 0 spiro atoms. The molecule has 53 nitrogen and oxygen atoms in total. The standard InChI is InChI=1S/C14H22ClN3O6S.C14H21N3O6S.C11H15IN2O4.C11H15N5O4.C11H17N3O4.C10H13IN2O5.C3H6Cl2O2S.BH.FH.N3.H3N.Na.U/c1-9-10(8-16-25(21,22)7-3-5-15)24-13(12(9)23-2)18-6-4-11(19)17-14(18)20;1-9-10(8-16-5-3-7-24(16,20)21)23-13(12(9)22-2)17-6-4-11(18)15-14(17)19;1-6-7(5-12)18-10(9(6)17-2)14-4-3-8(15)13-11(14)16;1-6-7(5-13-15-12)20-10(9(6)19-2)16-4-3-8(17)14-11(16)18;1-6-7(5-12)18-10(9(6)17-2)14-4-3-8(15)13-11(14)16;1-17-8-7(15)5(4-11)18-9(8)13-3-2-6(14)12-10(13)16;4-2-1-3-8(5,6)7;;;1-3-2;;;/h4,6,9-10,12-13,16H,3,5,7-8H2,1-2H3,(H,17,19,20);4,6,9-10,12-13H,3,5,7-8H2,1-2H3,(H,15,18,19);3-4,6-7,9-10H,5H2,1-2H3,(H,13,15,16);3-4,6-7,9-10H,5H2,1-2H3,(H,14,17,18);3-4,6-7,9-10H,5,12H2,1-2H3,(H,13,15,16);2-3,5,7-9,15H,4H2,1H3,(H,12,14,16);1-3H2;2*1H;;1H3;;/q;;;;;;;;;-1;;+1;/t2*9-,10-,12-,13-;3*6-,7-,9-,10-;5-,7-,8-,9-;;;;;;;/m111111......./s1/i;;;;;;;1D;;;;;. The van der Waals surface area contributed by atoms with Crippen molar-refractivity contribution in [3.05, 3.63) is 225 Å². The Kier molecular flexibility index (Phi) is 58.6. The van der Waals surface area contributed by atoms with Gasteiger partial charge in [-0.15, -0.1) is 23.2 Å². The van der Waals surface area contributed by atoms with Gasteiger partial charge in [-0.3, -0.25) is 95.7 Å². The third-order valence-corrected chi connectivity index (χ3v) is 29.1. The maximum atomic E-state index is 12.0. The fourth-order valence-corrected chi connectivity index (χ4v) is 20.9. The Bertz CT molecular complexity index is 5830. The molecule has 7 aliphatic heterocycles. The predicted octanol–water partition coefficient (Wildman–Crippen LogP) is -3.32. The van der Waals surface area contributed by atoms with E-state index in [1.807, 2.05) is 34.6 Å². The third-order valence-electron chi connectivity index (χ3n) is 22.2. The minimum absolute atomic E-state index is 0. The molecule has 24 atom stereocenters. The van der Waals surface area contributed by atoms with E-state index >= 15 is 0 Å². The predicted molar refractivity (Wildman–Crippen MR) is 516 cm³/mol. The summed E-state index contributed by atoms with van der Waals surface area (Å²) in [5.74, 6) is 0.580. The SMILES string of the molecule is CO[C@@H]1[C@H](C)[C@@H](CI)O[C@H]1n1ccc(=O)[nH]c1=O.CO[C@@H]1[C@H](C)[C@@H](CN)O[C@H]1n1ccc(=O)[nH]c1=O.CO[C@@H]1[C@H](C)[C@@H](CN2CCCS2(=O)=O)O[C@H]1n1ccc(=O)[nH]c1=O.CO[C@@H]1[C@H](C)[C@@H](CN=[N+]=[N-])O[C@H]1n1ccc(=O)[nH]c1=O.CO[C@@H]1[C@H](C)[C@@H](CNS(=O)(=O)CCCCl)O[C@H]1n1ccc(=O)[nH]c1=O.CO[C@@H]1[C@H](O)[C@@H](CI)O[C@H]1n1ccc(=O)[nH]c1=O.F.N.O=S(=O)(Cl)CCCCl.[2H][B].[N-]=[N+]=[N-].[Na+].[U]. The van der Waals surface area contributed by atoms with E-state index in [4.69, 9.17) is 114 Å². The number of rotatable bonds is 28. The van der Waals surface area contributed by atoms with Gasteiger partial charge >= 0.3 is 63.7 Å². The van der Waals surface area contributed by atoms with Gasteiger partial charge in [0.1, 0.15) is 42.7 Å². The number of halogens is 6. The summed E-state index contributed by atoms with van der Waals surface area (Å²) in [7, 11) is 7.74. The number of azide groups is 1. The largest absolute Gasteiger partial charge is 1.00 e. The monoisotopic (exact) mass is 2550 g/mol. The molecular weight excluding hydrogens is 2440 g/mol. The zero-order valence-corrected chi connectivity index (χ0v) is 92.5. The van der Waals surface area contributed by atoms with Crippen LogP contribution in [0, 0.1) is 60.7 Å². The van der Waals surface area contributed by atoms with E-state index in [-0.39, 0.29) is 181 Å². The summed E-state index contributed by atoms with van der Waals surface area (Å²) in [6.45, 7) is 10.9. The van der Waals surface area contributed by atoms with Crippen LogP contribution in [0.1, 0.15) is 91.2 Å². The zero-order valence-electron chi connectivity index (χ0n) is 78.3. The summed E-state index contributed by atoms with van der Waals surface area (Å²) in [4.78, 5) is 155. The number of methoxy groups -OCH3 is 6. The van der Waals surface area contributed by atoms with Gasteiger partial charge in [0.15, 0.2) is 37.4 Å². The molecule has 139 heavy (non-hydrogen) atoms. The number of alkyl halides is 4. The topological polar surface area (TPSA) is 746 Å². The summed E-state index contributed by atoms with van der Waals surface area (Å²) in [5, 5.41) is 13.5. The van der Waals surface area contributed by atoms with Crippen LogP contribution in [-0.4, -0.2) is 294 Å². The molecule has 774 valence electrons. The maximum absolute atomic E-state index is 12.0. The van der Waals surface area contributed by atoms with Gasteiger partial charge in [0.25, 0.3) is 33.4 Å². The van der Waals surface area contributed by atoms with E-state index in [2.05, 4.69) is 98.2 Å². The van der Waals surface area contributed by atoms with Crippen LogP contribution in [0.5, 0.6) is 0 Å². The molecule has 6 aromatic heterocycles. The number of hydrogen-bond acceptors (Lipinski definition) is 34. The van der Waals surface area contributed by atoms with E-state index in [9.17, 15) is 87.9 Å². The van der Waals surface area contributed by atoms with Crippen molar-refractivity contribution in [1.29, 1.82) is 1.34 Å². The van der Waals surface area contributed by atoms with Gasteiger partial charge in [0.05, 0.1) is 60.4 Å². The first-order valence-electron chi connectivity index (χ1n) is 41.5. The van der Waals surface area contributed by atoms with Crippen molar-refractivity contribution in [2.24, 2.45) is 40.4 Å². The first-order chi connectivity index (χ1) is 64.4. The van der Waals surface area contributed by atoms with Crippen molar-refractivity contribution in [3.8, 4) is 0 Å². The number of H-pyrrole nitrogens is 6. The first-order valence-corrected chi connectivity index (χ1v) is 50.8. The Morgan fingerprint density at radius 1 is 0.511 bits per heavy atom. The average Bonchev–Trinajstić information content (AvgIpc) is 1.63. The van der Waals surface area contributed by atoms with Crippen LogP contribution in [0.15, 0.2) is 136 Å². The molecule has 13 heterocycles. The van der Waals surface area contributed by atoms with Crippen LogP contribution in [0.3, 0.4) is 0 Å². The Hall–Kier alpha value is -5.75. The number of hydrogen-bond donors (Lipinski definition) is 10. The molecule has 7 aliphatic rings. The van der Waals surface area contributed by atoms with E-state index in [0.29, 0.717) is 42.7 Å². The molecule has 6 aromatic rings. The smallest absolute Gasteiger partial charge is 0.387 e. The normalized spacial score (nSPS) is 27.8. The van der Waals surface area contributed by atoms with E-state index in [0.717, 1.165) is 4.43 Å². The van der Waals surface area contributed by atoms with Crippen molar-refractivity contribution < 1.29 is 153 Å². The van der Waals surface area contributed by atoms with Crippen LogP contribution in [0.25, 0.3) is 26.4 Å². The summed E-state index contributed by atoms with van der Waals surface area (Å²) in [6.07, 6.45) is 0.712. The second-order valence-electron chi connectivity index (χ2n) is 30.6. The number of nitrogens with two attached hydrogens (primary N) is 1. The van der Waals surface area contributed by atoms with Gasteiger partial charge < -0.3 is 84.9 Å². The van der Waals surface area contributed by atoms with Gasteiger partial charge in [-0.25, -0.2) is 58.7 Å². The molecule has 13 rings (SSSR count). The second-order valence-corrected chi connectivity index (χ2v) is 40.0. The molecule has 0 unspecified atom stereocenters. The van der Waals surface area contributed by atoms with Gasteiger partial charge in [-0.1, -0.05) is 84.9 Å². The molecule has 7 fully saturated rings. The maximum Gasteiger partial charge on any atom is 1.00 e. The van der Waals surface area contributed by atoms with Gasteiger partial charge in [0, 0.05) is 248 Å². The van der Waals surface area contributed by atoms with Crippen molar-refractivity contribution >= 4 is 117 Å². The minimum Gasteiger partial charge on any atom is -0.387 e. The number of ether oxygens (including phenoxy) is 12. The number of aliphatic hydroxyl groups excluding tert-OH is 1. The average molecular weight is 2560 g/mol. The van der Waals surface area contributed by atoms with Gasteiger partial charge in [-0.2, -0.15) is 4.31 Å². The summed E-state index contributed by atoms with van der Waals surface area (Å²) >= 11 is 15.0. The molecule has 13 N–H and O–H groups in total. The van der Waals surface area contributed by atoms with Gasteiger partial charge in [-0.05, 0) is 26.1 Å². The molecular formula is C74H114BCl3FI2N22NaO31S3U. The summed E-state index contributed by atoms with van der Waals surface area (Å²) in [5.41, 5.74) is 21.3. The number of sulfonamides is 2. The summed E-state index contributed by atoms with van der Waals surface area (Å²) < 4.78 is 153. The van der Waals surface area contributed by atoms with Gasteiger partial charge in [0.2, 0.25) is 29.1 Å². The fraction of sp³-hybridized carbons (Fsp3) is 0.676. The number of nitrogens with zero attached hydrogens (tertiary/aromatic N) is 13. The molecule has 65 heteroatoms. The van der Waals surface area contributed by atoms with Crippen molar-refractivity contribution in [2.45, 2.75) is 171 Å². The van der Waals surface area contributed by atoms with Crippen molar-refractivity contribution in [3.63, 3.8) is 0 Å². The van der Waals surface area contributed by atoms with Crippen molar-refractivity contribution in [1.82, 2.24) is 72.5 Å². The number of aliphatic hydroxyl groups is 1. The minimum atomic E-state index is -3.45. The van der Waals surface area contributed by atoms with E-state index in [1.54, 1.807) is 14.2 Å². The molecule has 0 aliphatic carbocycles. The molecule has 0 bridgehead atoms. The Labute approximate surface area is 884 Å². The Balaban J connectivity index is 0.000000817. The first kappa shape index (κ1) is 129. The quantitative estimate of drug-likeness (QED) is 0.00437. The summed E-state index contributed by atoms with van der Waals surface area (Å²) in [6, 6.07) is 7.49. The van der Waals surface area contributed by atoms with Crippen LogP contribution in [-0.2, 0) is 85.9 Å². The second kappa shape index (κ2) is 62.9. The van der Waals surface area contributed by atoms with E-state index < -0.39 is 177 Å². The van der Waals surface area contributed by atoms with E-state index in [1.165, 1.54) is 139 Å². The van der Waals surface area contributed by atoms with Crippen molar-refractivity contribution in [2.75, 3.05) is 113 Å². The Morgan fingerprint density at radius 3 is 1.06 bits per heavy atom. The number of aromatic amines is 6. The molecule has 7 saturated heterocycles. The van der Waals surface area contributed by atoms with Crippen LogP contribution in [0.4, 0.5) is 4.70 Å². The van der Waals surface area contributed by atoms with Crippen LogP contribution >= 0.6 is 79.1 Å². The number of aromatic nitrogens is 12.